The van der Waals surface area contributed by atoms with Crippen LogP contribution in [0.2, 0.25) is 0 Å². The van der Waals surface area contributed by atoms with E-state index in [1.165, 1.54) is 4.31 Å². The summed E-state index contributed by atoms with van der Waals surface area (Å²) >= 11 is 0. The van der Waals surface area contributed by atoms with E-state index in [-0.39, 0.29) is 61.5 Å². The van der Waals surface area contributed by atoms with Crippen molar-refractivity contribution in [3.63, 3.8) is 0 Å². The number of ether oxygens (including phenoxy) is 1. The lowest BCUT2D eigenvalue weighted by Crippen LogP contribution is -2.55. The van der Waals surface area contributed by atoms with E-state index in [0.717, 1.165) is 16.3 Å². The van der Waals surface area contributed by atoms with Crippen LogP contribution < -0.4 is 16.0 Å². The summed E-state index contributed by atoms with van der Waals surface area (Å²) in [4.78, 5) is 25.3. The van der Waals surface area contributed by atoms with Crippen molar-refractivity contribution >= 4 is 32.6 Å². The fourth-order valence-corrected chi connectivity index (χ4v) is 7.11. The number of aliphatic hydroxyl groups is 1. The molecule has 0 heterocycles. The zero-order valence-electron chi connectivity index (χ0n) is 27.7. The second-order valence-electron chi connectivity index (χ2n) is 13.0. The van der Waals surface area contributed by atoms with E-state index in [1.54, 1.807) is 25.3 Å². The van der Waals surface area contributed by atoms with Crippen LogP contribution in [0.1, 0.15) is 46.1 Å². The van der Waals surface area contributed by atoms with Crippen LogP contribution in [0, 0.1) is 11.3 Å². The molecule has 2 amide bonds. The van der Waals surface area contributed by atoms with Gasteiger partial charge in [-0.05, 0) is 39.8 Å². The molecule has 3 aromatic carbocycles. The minimum atomic E-state index is -4.15. The molecule has 0 saturated heterocycles. The van der Waals surface area contributed by atoms with Crippen molar-refractivity contribution in [2.75, 3.05) is 46.4 Å². The number of carbonyl (C=O) groups is 2. The number of benzene rings is 3. The van der Waals surface area contributed by atoms with E-state index in [2.05, 4.69) is 16.0 Å². The first-order valence-electron chi connectivity index (χ1n) is 15.8. The number of rotatable bonds is 19. The van der Waals surface area contributed by atoms with Crippen molar-refractivity contribution in [3.8, 4) is 0 Å². The molecule has 10 nitrogen and oxygen atoms in total. The van der Waals surface area contributed by atoms with Crippen molar-refractivity contribution in [2.24, 2.45) is 11.3 Å². The van der Waals surface area contributed by atoms with Crippen molar-refractivity contribution in [1.29, 1.82) is 0 Å². The molecule has 0 radical (unpaired) electrons. The molecular weight excluding hydrogens is 604 g/mol. The SMILES string of the molecule is COCCNCC(=O)NCC(C)(C)CC(=O)NCCC(O)(Cc1ccccc1)N(CC(C)C)S(=O)(=O)c1ccc2ccccc2c1. The fraction of sp³-hybridized carbons (Fsp3) is 0.486. The van der Waals surface area contributed by atoms with Crippen molar-refractivity contribution in [1.82, 2.24) is 20.3 Å². The van der Waals surface area contributed by atoms with Gasteiger partial charge in [0, 0.05) is 52.6 Å². The highest BCUT2D eigenvalue weighted by Gasteiger charge is 2.43. The van der Waals surface area contributed by atoms with Crippen LogP contribution in [0.5, 0.6) is 0 Å². The lowest BCUT2D eigenvalue weighted by Gasteiger charge is -2.40. The lowest BCUT2D eigenvalue weighted by molar-refractivity contribution is -0.125. The summed E-state index contributed by atoms with van der Waals surface area (Å²) in [5.41, 5.74) is -1.59. The number of hydrogen-bond acceptors (Lipinski definition) is 7. The Morgan fingerprint density at radius 1 is 0.913 bits per heavy atom. The summed E-state index contributed by atoms with van der Waals surface area (Å²) in [6, 6.07) is 21.8. The maximum absolute atomic E-state index is 14.3. The number of carbonyl (C=O) groups excluding carboxylic acids is 2. The summed E-state index contributed by atoms with van der Waals surface area (Å²) in [5, 5.41) is 22.7. The van der Waals surface area contributed by atoms with E-state index < -0.39 is 21.2 Å². The number of fused-ring (bicyclic) bond motifs is 1. The quantitative estimate of drug-likeness (QED) is 0.114. The van der Waals surface area contributed by atoms with Gasteiger partial charge in [0.15, 0.2) is 0 Å². The number of nitrogens with one attached hydrogen (secondary N) is 3. The van der Waals surface area contributed by atoms with Crippen LogP contribution in [0.15, 0.2) is 77.7 Å². The van der Waals surface area contributed by atoms with Crippen molar-refractivity contribution < 1.29 is 27.9 Å². The predicted molar refractivity (Wildman–Crippen MR) is 182 cm³/mol. The number of nitrogens with zero attached hydrogens (tertiary/aromatic N) is 1. The van der Waals surface area contributed by atoms with Gasteiger partial charge in [-0.25, -0.2) is 8.42 Å². The zero-order valence-corrected chi connectivity index (χ0v) is 28.5. The molecule has 3 rings (SSSR count). The number of hydrogen-bond donors (Lipinski definition) is 4. The van der Waals surface area contributed by atoms with E-state index in [1.807, 2.05) is 82.3 Å². The fourth-order valence-electron chi connectivity index (χ4n) is 5.24. The van der Waals surface area contributed by atoms with Crippen LogP contribution in [0.3, 0.4) is 0 Å². The molecule has 3 aromatic rings. The summed E-state index contributed by atoms with van der Waals surface area (Å²) in [6.07, 6.45) is 0.142. The van der Waals surface area contributed by atoms with Crippen LogP contribution in [-0.2, 0) is 30.8 Å². The highest BCUT2D eigenvalue weighted by molar-refractivity contribution is 7.89. The Labute approximate surface area is 274 Å². The Hall–Kier alpha value is -3.35. The van der Waals surface area contributed by atoms with Crippen molar-refractivity contribution in [3.05, 3.63) is 78.4 Å². The second kappa shape index (κ2) is 17.0. The average Bonchev–Trinajstić information content (AvgIpc) is 3.01. The molecule has 4 N–H and O–H groups in total. The van der Waals surface area contributed by atoms with Gasteiger partial charge in [0.2, 0.25) is 21.8 Å². The third kappa shape index (κ3) is 11.2. The molecule has 0 aliphatic rings. The molecule has 0 bridgehead atoms. The summed E-state index contributed by atoms with van der Waals surface area (Å²) in [5.74, 6) is -0.515. The van der Waals surface area contributed by atoms with Gasteiger partial charge in [-0.3, -0.25) is 9.59 Å². The Morgan fingerprint density at radius 2 is 1.59 bits per heavy atom. The molecule has 0 spiro atoms. The molecule has 0 saturated carbocycles. The minimum Gasteiger partial charge on any atom is -0.383 e. The first-order chi connectivity index (χ1) is 21.8. The highest BCUT2D eigenvalue weighted by atomic mass is 32.2. The van der Waals surface area contributed by atoms with Crippen LogP contribution in [0.4, 0.5) is 0 Å². The molecule has 0 aliphatic heterocycles. The second-order valence-corrected chi connectivity index (χ2v) is 14.8. The van der Waals surface area contributed by atoms with Gasteiger partial charge in [0.25, 0.3) is 0 Å². The molecule has 11 heteroatoms. The third-order valence-electron chi connectivity index (χ3n) is 7.65. The number of sulfonamides is 1. The average molecular weight is 655 g/mol. The third-order valence-corrected chi connectivity index (χ3v) is 9.57. The van der Waals surface area contributed by atoms with Gasteiger partial charge in [-0.1, -0.05) is 88.4 Å². The predicted octanol–water partition coefficient (Wildman–Crippen LogP) is 3.69. The first kappa shape index (κ1) is 37.1. The molecule has 46 heavy (non-hydrogen) atoms. The summed E-state index contributed by atoms with van der Waals surface area (Å²) in [7, 11) is -2.56. The molecule has 0 aromatic heterocycles. The maximum Gasteiger partial charge on any atom is 0.245 e. The van der Waals surface area contributed by atoms with Gasteiger partial charge >= 0.3 is 0 Å². The lowest BCUT2D eigenvalue weighted by atomic mass is 9.88. The highest BCUT2D eigenvalue weighted by Crippen LogP contribution is 2.32. The number of amides is 2. The van der Waals surface area contributed by atoms with E-state index in [9.17, 15) is 23.1 Å². The zero-order chi connectivity index (χ0) is 33.8. The van der Waals surface area contributed by atoms with Crippen LogP contribution in [-0.4, -0.2) is 81.8 Å². The van der Waals surface area contributed by atoms with Gasteiger partial charge in [0.05, 0.1) is 18.0 Å². The summed E-state index contributed by atoms with van der Waals surface area (Å²) in [6.45, 7) is 9.24. The monoisotopic (exact) mass is 654 g/mol. The van der Waals surface area contributed by atoms with Crippen LogP contribution >= 0.6 is 0 Å². The van der Waals surface area contributed by atoms with E-state index in [0.29, 0.717) is 19.7 Å². The normalized spacial score (nSPS) is 13.6. The van der Waals surface area contributed by atoms with Gasteiger partial charge in [-0.2, -0.15) is 4.31 Å². The largest absolute Gasteiger partial charge is 0.383 e. The molecule has 252 valence electrons. The Morgan fingerprint density at radius 3 is 2.26 bits per heavy atom. The van der Waals surface area contributed by atoms with Gasteiger partial charge in [0.1, 0.15) is 5.72 Å². The van der Waals surface area contributed by atoms with Crippen LogP contribution in [0.25, 0.3) is 10.8 Å². The Balaban J connectivity index is 1.77. The van der Waals surface area contributed by atoms with Crippen molar-refractivity contribution in [2.45, 2.75) is 57.6 Å². The standard InChI is InChI=1S/C35H50N4O6S/c1-27(2)25-39(46(43,44)31-16-15-29-13-9-10-14-30(29)21-31)35(42,22-28-11-7-6-8-12-28)17-18-37-32(40)23-34(3,4)26-38-33(41)24-36-19-20-45-5/h6-16,21,27,36,42H,17-20,22-26H2,1-5H3,(H,37,40)(H,38,41). The molecule has 1 unspecified atom stereocenters. The Kier molecular flexibility index (Phi) is 13.7. The van der Waals surface area contributed by atoms with Gasteiger partial charge in [-0.15, -0.1) is 0 Å². The summed E-state index contributed by atoms with van der Waals surface area (Å²) < 4.78 is 34.7. The van der Waals surface area contributed by atoms with Gasteiger partial charge < -0.3 is 25.8 Å². The van der Waals surface area contributed by atoms with E-state index in [4.69, 9.17) is 4.74 Å². The Bertz CT molecular complexity index is 1530. The molecule has 1 atom stereocenters. The molecule has 0 aliphatic carbocycles. The van der Waals surface area contributed by atoms with E-state index >= 15 is 0 Å². The maximum atomic E-state index is 14.3. The smallest absolute Gasteiger partial charge is 0.245 e. The topological polar surface area (TPSA) is 137 Å². The number of methoxy groups -OCH3 is 1. The minimum absolute atomic E-state index is 0.0303. The molecule has 0 fully saturated rings. The molecular formula is C35H50N4O6S. The first-order valence-corrected chi connectivity index (χ1v) is 17.2.